The van der Waals surface area contributed by atoms with Gasteiger partial charge in [0.15, 0.2) is 11.3 Å². The molecule has 0 radical (unpaired) electrons. The van der Waals surface area contributed by atoms with Crippen LogP contribution in [0.4, 0.5) is 0 Å². The molecule has 0 fully saturated rings. The Hall–Kier alpha value is -7.10. The van der Waals surface area contributed by atoms with E-state index in [2.05, 4.69) is 5.16 Å². The Morgan fingerprint density at radius 1 is 0.784 bits per heavy atom. The number of benzene rings is 4. The minimum atomic E-state index is -1.23. The van der Waals surface area contributed by atoms with Crippen molar-refractivity contribution >= 4 is 50.9 Å². The van der Waals surface area contributed by atoms with Gasteiger partial charge in [0, 0.05) is 24.2 Å². The number of primary amides is 1. The number of aromatic carboxylic acids is 2. The minimum absolute atomic E-state index is 0.0308. The van der Waals surface area contributed by atoms with Crippen molar-refractivity contribution < 1.29 is 43.3 Å². The van der Waals surface area contributed by atoms with Crippen molar-refractivity contribution in [3.8, 4) is 40.0 Å². The number of imidazole rings is 2. The number of nitrogens with one attached hydrogen (secondary N) is 1. The summed E-state index contributed by atoms with van der Waals surface area (Å²) < 4.78 is 26.4. The Kier molecular flexibility index (Phi) is 7.21. The number of H-pyrrole nitrogens is 1. The van der Waals surface area contributed by atoms with Crippen LogP contribution in [0.3, 0.4) is 0 Å². The van der Waals surface area contributed by atoms with Gasteiger partial charge in [0.1, 0.15) is 47.4 Å². The summed E-state index contributed by atoms with van der Waals surface area (Å²) in [4.78, 5) is 59.7. The molecule has 256 valence electrons. The van der Waals surface area contributed by atoms with E-state index in [1.807, 2.05) is 0 Å². The van der Waals surface area contributed by atoms with Gasteiger partial charge in [-0.25, -0.2) is 19.6 Å². The molecule has 3 aromatic heterocycles. The van der Waals surface area contributed by atoms with Gasteiger partial charge < -0.3 is 43.8 Å². The molecule has 0 spiro atoms. The van der Waals surface area contributed by atoms with Crippen LogP contribution in [0, 0.1) is 0 Å². The molecule has 2 aliphatic heterocycles. The number of aromatic amines is 1. The Bertz CT molecular complexity index is 2670. The lowest BCUT2D eigenvalue weighted by atomic mass is 10.1. The minimum Gasteiger partial charge on any atom is -0.494 e. The van der Waals surface area contributed by atoms with E-state index in [4.69, 9.17) is 34.4 Å². The predicted octanol–water partition coefficient (Wildman–Crippen LogP) is 4.13. The van der Waals surface area contributed by atoms with Gasteiger partial charge in [0.25, 0.3) is 11.5 Å². The number of carbonyl (C=O) groups excluding carboxylic acids is 1. The molecule has 5 heterocycles. The molecule has 2 aliphatic rings. The number of aryl methyl sites for hydroxylation is 2. The fourth-order valence-electron chi connectivity index (χ4n) is 6.52. The maximum Gasteiger partial charge on any atom is 0.336 e. The number of methoxy groups -OCH3 is 1. The summed E-state index contributed by atoms with van der Waals surface area (Å²) in [5, 5.41) is 23.2. The molecule has 4 bridgehead atoms. The number of carboxylic acids is 2. The Morgan fingerprint density at radius 2 is 1.39 bits per heavy atom. The number of nitrogens with zero attached hydrogens (tertiary/aromatic N) is 4. The van der Waals surface area contributed by atoms with Crippen molar-refractivity contribution in [1.82, 2.24) is 24.3 Å². The Morgan fingerprint density at radius 3 is 2.08 bits per heavy atom. The van der Waals surface area contributed by atoms with Crippen molar-refractivity contribution in [3.05, 3.63) is 87.7 Å². The molecule has 0 saturated carbocycles. The van der Waals surface area contributed by atoms with Crippen molar-refractivity contribution in [1.29, 1.82) is 0 Å². The molecule has 0 unspecified atom stereocenters. The average molecular weight is 691 g/mol. The third-order valence-corrected chi connectivity index (χ3v) is 8.80. The van der Waals surface area contributed by atoms with Crippen LogP contribution in [0.15, 0.2) is 70.0 Å². The highest BCUT2D eigenvalue weighted by Gasteiger charge is 2.26. The number of fused-ring (bicyclic) bond motifs is 10. The Labute approximate surface area is 285 Å². The van der Waals surface area contributed by atoms with Gasteiger partial charge in [-0.05, 0) is 60.7 Å². The van der Waals surface area contributed by atoms with Crippen LogP contribution < -0.4 is 25.5 Å². The predicted molar refractivity (Wildman–Crippen MR) is 181 cm³/mol. The summed E-state index contributed by atoms with van der Waals surface area (Å²) in [6, 6.07) is 15.5. The summed E-state index contributed by atoms with van der Waals surface area (Å²) in [6.07, 6.45) is 0. The number of nitrogens with two attached hydrogens (primary N) is 1. The smallest absolute Gasteiger partial charge is 0.336 e. The summed E-state index contributed by atoms with van der Waals surface area (Å²) in [7, 11) is 1.38. The van der Waals surface area contributed by atoms with E-state index in [1.165, 1.54) is 31.4 Å². The van der Waals surface area contributed by atoms with Crippen LogP contribution in [0.5, 0.6) is 17.2 Å². The van der Waals surface area contributed by atoms with Gasteiger partial charge in [-0.1, -0.05) is 0 Å². The molecule has 0 saturated heterocycles. The van der Waals surface area contributed by atoms with E-state index < -0.39 is 23.4 Å². The first-order valence-electron chi connectivity index (χ1n) is 15.5. The number of aromatic nitrogens is 5. The van der Waals surface area contributed by atoms with E-state index in [1.54, 1.807) is 45.5 Å². The van der Waals surface area contributed by atoms with Crippen molar-refractivity contribution in [2.75, 3.05) is 20.3 Å². The van der Waals surface area contributed by atoms with Crippen LogP contribution in [-0.4, -0.2) is 72.6 Å². The lowest BCUT2D eigenvalue weighted by molar-refractivity contribution is 0.0686. The van der Waals surface area contributed by atoms with E-state index >= 15 is 0 Å². The number of rotatable bonds is 4. The summed E-state index contributed by atoms with van der Waals surface area (Å²) in [6.45, 7) is 0.314. The van der Waals surface area contributed by atoms with Gasteiger partial charge in [-0.3, -0.25) is 9.59 Å². The van der Waals surface area contributed by atoms with Gasteiger partial charge in [-0.2, -0.15) is 5.16 Å². The van der Waals surface area contributed by atoms with E-state index in [0.29, 0.717) is 22.3 Å². The van der Waals surface area contributed by atoms with E-state index in [-0.39, 0.29) is 93.8 Å². The first-order chi connectivity index (χ1) is 24.6. The number of carbonyl (C=O) groups is 3. The first-order valence-corrected chi connectivity index (χ1v) is 15.5. The molecule has 51 heavy (non-hydrogen) atoms. The van der Waals surface area contributed by atoms with Crippen LogP contribution in [0.2, 0.25) is 0 Å². The first kappa shape index (κ1) is 31.2. The van der Waals surface area contributed by atoms with Crippen molar-refractivity contribution in [2.24, 2.45) is 5.73 Å². The van der Waals surface area contributed by atoms with Crippen LogP contribution >= 0.6 is 0 Å². The highest BCUT2D eigenvalue weighted by molar-refractivity contribution is 6.04. The quantitative estimate of drug-likeness (QED) is 0.204. The monoisotopic (exact) mass is 690 g/mol. The molecule has 7 aromatic rings. The molecule has 1 amide bonds. The normalized spacial score (nSPS) is 13.0. The average Bonchev–Trinajstić information content (AvgIpc) is 3.80. The number of hydrogen-bond acceptors (Lipinski definition) is 10. The summed E-state index contributed by atoms with van der Waals surface area (Å²) in [5.74, 6) is -1.98. The lowest BCUT2D eigenvalue weighted by Gasteiger charge is -2.15. The zero-order chi connectivity index (χ0) is 35.6. The van der Waals surface area contributed by atoms with Gasteiger partial charge in [0.05, 0.1) is 40.2 Å². The Balaban J connectivity index is 1.42. The van der Waals surface area contributed by atoms with Crippen molar-refractivity contribution in [3.63, 3.8) is 0 Å². The second kappa shape index (κ2) is 11.8. The van der Waals surface area contributed by atoms with Gasteiger partial charge >= 0.3 is 11.9 Å². The second-order valence-corrected chi connectivity index (χ2v) is 11.6. The SMILES string of the molecule is COc1c(C(N)=O)ccc2c1nc1n2CCn2c(nc3c4o[nH]c(=O)c4ccc32)-c2cc(ccc2C(=O)O)OCCOc2ccc-1c(C(=O)O)c2. The largest absolute Gasteiger partial charge is 0.494 e. The van der Waals surface area contributed by atoms with Crippen LogP contribution in [0.25, 0.3) is 55.8 Å². The fraction of sp³-hybridized carbons (Fsp3) is 0.143. The maximum absolute atomic E-state index is 12.7. The zero-order valence-corrected chi connectivity index (χ0v) is 26.6. The number of carboxylic acid groups (broad SMARTS) is 2. The molecular formula is C35H26N6O10. The fourth-order valence-corrected chi connectivity index (χ4v) is 6.52. The van der Waals surface area contributed by atoms with E-state index in [9.17, 15) is 29.4 Å². The van der Waals surface area contributed by atoms with Gasteiger partial charge in [-0.15, -0.1) is 0 Å². The molecule has 0 atom stereocenters. The number of ether oxygens (including phenoxy) is 3. The number of hydrogen-bond donors (Lipinski definition) is 4. The molecule has 5 N–H and O–H groups in total. The van der Waals surface area contributed by atoms with Crippen LogP contribution in [-0.2, 0) is 13.1 Å². The molecule has 4 aromatic carbocycles. The molecule has 9 rings (SSSR count). The van der Waals surface area contributed by atoms with Gasteiger partial charge in [0.2, 0.25) is 0 Å². The second-order valence-electron chi connectivity index (χ2n) is 11.6. The third kappa shape index (κ3) is 4.99. The zero-order valence-electron chi connectivity index (χ0n) is 26.6. The molecule has 16 heteroatoms. The topological polar surface area (TPSA) is 227 Å². The maximum atomic E-state index is 12.7. The van der Waals surface area contributed by atoms with Crippen LogP contribution in [0.1, 0.15) is 31.1 Å². The lowest BCUT2D eigenvalue weighted by Crippen LogP contribution is -2.13. The highest BCUT2D eigenvalue weighted by Crippen LogP contribution is 2.37. The van der Waals surface area contributed by atoms with E-state index in [0.717, 1.165) is 0 Å². The molecule has 16 nitrogen and oxygen atoms in total. The van der Waals surface area contributed by atoms with Crippen molar-refractivity contribution in [2.45, 2.75) is 13.1 Å². The summed E-state index contributed by atoms with van der Waals surface area (Å²) in [5.41, 5.74) is 7.38. The highest BCUT2D eigenvalue weighted by atomic mass is 16.5. The third-order valence-electron chi connectivity index (χ3n) is 8.80. The molecular weight excluding hydrogens is 664 g/mol. The summed E-state index contributed by atoms with van der Waals surface area (Å²) >= 11 is 0. The number of amides is 1. The molecule has 0 aliphatic carbocycles. The standard InChI is InChI=1S/C35H26N6O10/c1-48-28-20(30(36)42)6-8-24-26(28)37-31-18-4-2-17(15-23(18)35(46)47)50-13-12-49-16-3-5-19(34(44)45)22(14-16)32-38-27-25(41(32)11-10-40(24)31)9-7-21-29(27)51-39-33(21)43/h2-9,14-15H,10-13H2,1H3,(H2,36,42)(H,39,43)(H,44,45)(H,46,47).